The number of aromatic nitrogens is 1. The molecule has 0 spiro atoms. The van der Waals surface area contributed by atoms with E-state index in [2.05, 4.69) is 9.80 Å². The average molecular weight is 432 g/mol. The number of methoxy groups -OCH3 is 1. The standard InChI is InChI=1S/C24H34FN3OS/c1-29-15-14-28(18-24-26-22-8-4-5-9-23(22)30-24)16-19-10-12-27(13-11-19)17-20-6-2-3-7-21(20)25/h2-3,6-7,19H,4-5,8-18H2,1H3. The Labute approximate surface area is 184 Å². The Balaban J connectivity index is 1.29. The number of fused-ring (bicyclic) bond motifs is 1. The van der Waals surface area contributed by atoms with Crippen LogP contribution < -0.4 is 0 Å². The maximum Gasteiger partial charge on any atom is 0.127 e. The predicted octanol–water partition coefficient (Wildman–Crippen LogP) is 4.52. The highest BCUT2D eigenvalue weighted by molar-refractivity contribution is 7.11. The lowest BCUT2D eigenvalue weighted by Crippen LogP contribution is -2.39. The van der Waals surface area contributed by atoms with Crippen molar-refractivity contribution in [2.45, 2.75) is 51.6 Å². The molecule has 4 nitrogen and oxygen atoms in total. The van der Waals surface area contributed by atoms with Crippen molar-refractivity contribution < 1.29 is 9.13 Å². The lowest BCUT2D eigenvalue weighted by molar-refractivity contribution is 0.106. The number of piperidine rings is 1. The molecule has 1 aromatic heterocycles. The molecule has 0 saturated carbocycles. The van der Waals surface area contributed by atoms with Crippen molar-refractivity contribution in [2.24, 2.45) is 5.92 Å². The van der Waals surface area contributed by atoms with E-state index in [9.17, 15) is 4.39 Å². The molecule has 0 amide bonds. The third kappa shape index (κ3) is 5.88. The van der Waals surface area contributed by atoms with Crippen LogP contribution in [0.15, 0.2) is 24.3 Å². The quantitative estimate of drug-likeness (QED) is 0.584. The van der Waals surface area contributed by atoms with Crippen molar-refractivity contribution >= 4 is 11.3 Å². The highest BCUT2D eigenvalue weighted by Gasteiger charge is 2.23. The minimum atomic E-state index is -0.0866. The first-order valence-electron chi connectivity index (χ1n) is 11.4. The van der Waals surface area contributed by atoms with Crippen LogP contribution in [0.3, 0.4) is 0 Å². The van der Waals surface area contributed by atoms with Gasteiger partial charge in [-0.2, -0.15) is 0 Å². The largest absolute Gasteiger partial charge is 0.383 e. The molecular formula is C24H34FN3OS. The molecule has 0 bridgehead atoms. The number of halogens is 1. The molecule has 2 aromatic rings. The van der Waals surface area contributed by atoms with E-state index in [1.165, 1.54) is 47.7 Å². The first-order chi connectivity index (χ1) is 14.7. The van der Waals surface area contributed by atoms with Gasteiger partial charge in [0.1, 0.15) is 10.8 Å². The second-order valence-electron chi connectivity index (χ2n) is 8.72. The minimum absolute atomic E-state index is 0.0866. The molecular weight excluding hydrogens is 397 g/mol. The number of nitrogens with zero attached hydrogens (tertiary/aromatic N) is 3. The van der Waals surface area contributed by atoms with Gasteiger partial charge >= 0.3 is 0 Å². The second kappa shape index (κ2) is 10.8. The Morgan fingerprint density at radius 3 is 2.77 bits per heavy atom. The molecule has 6 heteroatoms. The summed E-state index contributed by atoms with van der Waals surface area (Å²) >= 11 is 1.92. The van der Waals surface area contributed by atoms with Crippen LogP contribution in [-0.2, 0) is 30.7 Å². The van der Waals surface area contributed by atoms with Crippen molar-refractivity contribution in [1.82, 2.24) is 14.8 Å². The maximum absolute atomic E-state index is 14.0. The smallest absolute Gasteiger partial charge is 0.127 e. The predicted molar refractivity (Wildman–Crippen MR) is 120 cm³/mol. The number of rotatable bonds is 9. The second-order valence-corrected chi connectivity index (χ2v) is 9.89. The van der Waals surface area contributed by atoms with E-state index in [4.69, 9.17) is 9.72 Å². The molecule has 0 atom stereocenters. The normalized spacial score (nSPS) is 18.1. The summed E-state index contributed by atoms with van der Waals surface area (Å²) in [6.45, 7) is 6.56. The van der Waals surface area contributed by atoms with Gasteiger partial charge in [0.25, 0.3) is 0 Å². The number of thiazole rings is 1. The highest BCUT2D eigenvalue weighted by atomic mass is 32.1. The topological polar surface area (TPSA) is 28.6 Å². The van der Waals surface area contributed by atoms with Crippen molar-refractivity contribution in [3.63, 3.8) is 0 Å². The summed E-state index contributed by atoms with van der Waals surface area (Å²) < 4.78 is 19.3. The molecule has 0 radical (unpaired) electrons. The number of benzene rings is 1. The van der Waals surface area contributed by atoms with Gasteiger partial charge in [0.05, 0.1) is 18.8 Å². The highest BCUT2D eigenvalue weighted by Crippen LogP contribution is 2.28. The van der Waals surface area contributed by atoms with Gasteiger partial charge in [0, 0.05) is 37.2 Å². The Bertz CT molecular complexity index is 780. The van der Waals surface area contributed by atoms with Crippen LogP contribution in [0.25, 0.3) is 0 Å². The molecule has 2 aliphatic rings. The fourth-order valence-electron chi connectivity index (χ4n) is 4.68. The number of aryl methyl sites for hydroxylation is 2. The van der Waals surface area contributed by atoms with Gasteiger partial charge in [-0.1, -0.05) is 18.2 Å². The van der Waals surface area contributed by atoms with Crippen molar-refractivity contribution in [3.05, 3.63) is 51.2 Å². The molecule has 164 valence electrons. The van der Waals surface area contributed by atoms with Crippen LogP contribution in [0, 0.1) is 11.7 Å². The molecule has 1 saturated heterocycles. The molecule has 1 aromatic carbocycles. The first kappa shape index (κ1) is 21.9. The Morgan fingerprint density at radius 2 is 2.00 bits per heavy atom. The van der Waals surface area contributed by atoms with E-state index in [1.54, 1.807) is 19.2 Å². The number of ether oxygens (including phenoxy) is 1. The summed E-state index contributed by atoms with van der Waals surface area (Å²) in [5.41, 5.74) is 2.17. The van der Waals surface area contributed by atoms with E-state index < -0.39 is 0 Å². The summed E-state index contributed by atoms with van der Waals surface area (Å²) in [4.78, 5) is 11.4. The van der Waals surface area contributed by atoms with Crippen LogP contribution in [0.1, 0.15) is 46.8 Å². The van der Waals surface area contributed by atoms with Gasteiger partial charge < -0.3 is 4.74 Å². The maximum atomic E-state index is 14.0. The summed E-state index contributed by atoms with van der Waals surface area (Å²) in [7, 11) is 1.78. The van der Waals surface area contributed by atoms with E-state index >= 15 is 0 Å². The van der Waals surface area contributed by atoms with Crippen molar-refractivity contribution in [3.8, 4) is 0 Å². The zero-order chi connectivity index (χ0) is 20.8. The molecule has 4 rings (SSSR count). The Kier molecular flexibility index (Phi) is 7.88. The number of hydrogen-bond acceptors (Lipinski definition) is 5. The molecule has 1 aliphatic heterocycles. The lowest BCUT2D eigenvalue weighted by Gasteiger charge is -2.34. The summed E-state index contributed by atoms with van der Waals surface area (Å²) in [6, 6.07) is 7.15. The summed E-state index contributed by atoms with van der Waals surface area (Å²) in [5.74, 6) is 0.602. The van der Waals surface area contributed by atoms with Gasteiger partial charge in [-0.15, -0.1) is 11.3 Å². The molecule has 0 unspecified atom stereocenters. The zero-order valence-electron chi connectivity index (χ0n) is 18.1. The first-order valence-corrected chi connectivity index (χ1v) is 12.2. The third-order valence-electron chi connectivity index (χ3n) is 6.44. The summed E-state index contributed by atoms with van der Waals surface area (Å²) in [6.07, 6.45) is 7.32. The number of hydrogen-bond donors (Lipinski definition) is 0. The zero-order valence-corrected chi connectivity index (χ0v) is 18.9. The molecule has 0 N–H and O–H groups in total. The fourth-order valence-corrected chi connectivity index (χ4v) is 5.88. The van der Waals surface area contributed by atoms with E-state index in [1.807, 2.05) is 23.5 Å². The molecule has 1 fully saturated rings. The fraction of sp³-hybridized carbons (Fsp3) is 0.625. The third-order valence-corrected chi connectivity index (χ3v) is 7.58. The van der Waals surface area contributed by atoms with Gasteiger partial charge in [-0.25, -0.2) is 9.37 Å². The van der Waals surface area contributed by atoms with Crippen LogP contribution in [0.5, 0.6) is 0 Å². The van der Waals surface area contributed by atoms with E-state index in [-0.39, 0.29) is 5.82 Å². The number of likely N-dealkylation sites (tertiary alicyclic amines) is 1. The van der Waals surface area contributed by atoms with E-state index in [0.717, 1.165) is 57.9 Å². The van der Waals surface area contributed by atoms with Crippen LogP contribution in [-0.4, -0.2) is 54.7 Å². The van der Waals surface area contributed by atoms with Crippen molar-refractivity contribution in [1.29, 1.82) is 0 Å². The van der Waals surface area contributed by atoms with Crippen LogP contribution in [0.4, 0.5) is 4.39 Å². The average Bonchev–Trinajstić information content (AvgIpc) is 3.17. The SMILES string of the molecule is COCCN(Cc1nc2c(s1)CCCC2)CC1CCN(Cc2ccccc2F)CC1. The molecule has 2 heterocycles. The molecule has 30 heavy (non-hydrogen) atoms. The van der Waals surface area contributed by atoms with Crippen molar-refractivity contribution in [2.75, 3.05) is 39.9 Å². The van der Waals surface area contributed by atoms with Gasteiger partial charge in [0.2, 0.25) is 0 Å². The molecule has 1 aliphatic carbocycles. The Hall–Kier alpha value is -1.34. The lowest BCUT2D eigenvalue weighted by atomic mass is 9.95. The van der Waals surface area contributed by atoms with Gasteiger partial charge in [-0.3, -0.25) is 9.80 Å². The van der Waals surface area contributed by atoms with Crippen LogP contribution in [0.2, 0.25) is 0 Å². The summed E-state index contributed by atoms with van der Waals surface area (Å²) in [5, 5.41) is 1.27. The monoisotopic (exact) mass is 431 g/mol. The van der Waals surface area contributed by atoms with Gasteiger partial charge in [0.15, 0.2) is 0 Å². The van der Waals surface area contributed by atoms with Gasteiger partial charge in [-0.05, 0) is 63.6 Å². The van der Waals surface area contributed by atoms with E-state index in [0.29, 0.717) is 5.92 Å². The Morgan fingerprint density at radius 1 is 1.20 bits per heavy atom. The minimum Gasteiger partial charge on any atom is -0.383 e. The van der Waals surface area contributed by atoms with Crippen LogP contribution >= 0.6 is 11.3 Å².